The van der Waals surface area contributed by atoms with E-state index < -0.39 is 17.2 Å². The number of hydrogen-bond donors (Lipinski definition) is 1. The number of aromatic carboxylic acids is 1. The van der Waals surface area contributed by atoms with Crippen molar-refractivity contribution in [2.75, 3.05) is 25.1 Å². The largest absolute Gasteiger partial charge is 0.477 e. The normalized spacial score (nSPS) is 20.3. The third kappa shape index (κ3) is 1.91. The van der Waals surface area contributed by atoms with Crippen molar-refractivity contribution in [2.24, 2.45) is 0 Å². The van der Waals surface area contributed by atoms with Crippen molar-refractivity contribution in [1.29, 1.82) is 0 Å². The lowest BCUT2D eigenvalue weighted by Gasteiger charge is -2.28. The van der Waals surface area contributed by atoms with Crippen LogP contribution in [-0.2, 0) is 6.42 Å². The second kappa shape index (κ2) is 5.04. The van der Waals surface area contributed by atoms with E-state index in [0.29, 0.717) is 17.6 Å². The molecule has 126 valence electrons. The van der Waals surface area contributed by atoms with Gasteiger partial charge in [-0.2, -0.15) is 0 Å². The molecule has 2 aromatic rings. The zero-order chi connectivity index (χ0) is 17.2. The molecule has 1 atom stereocenters. The summed E-state index contributed by atoms with van der Waals surface area (Å²) >= 11 is 0. The number of rotatable bonds is 2. The van der Waals surface area contributed by atoms with E-state index in [1.807, 2.05) is 24.0 Å². The maximum atomic E-state index is 14.9. The highest BCUT2D eigenvalue weighted by Crippen LogP contribution is 2.40. The number of hydrogen-bond acceptors (Lipinski definition) is 4. The molecule has 2 aliphatic rings. The minimum atomic E-state index is -1.28. The highest BCUT2D eigenvalue weighted by atomic mass is 19.1. The predicted molar refractivity (Wildman–Crippen MR) is 88.1 cm³/mol. The molecule has 4 rings (SSSR count). The van der Waals surface area contributed by atoms with Gasteiger partial charge in [-0.1, -0.05) is 0 Å². The summed E-state index contributed by atoms with van der Waals surface area (Å²) in [6, 6.07) is 1.18. The molecule has 0 bridgehead atoms. The van der Waals surface area contributed by atoms with Gasteiger partial charge in [0.2, 0.25) is 5.43 Å². The van der Waals surface area contributed by atoms with Gasteiger partial charge in [-0.25, -0.2) is 14.2 Å². The molecule has 0 spiro atoms. The van der Waals surface area contributed by atoms with Gasteiger partial charge in [0.05, 0.1) is 11.2 Å². The number of benzene rings is 1. The first-order valence-corrected chi connectivity index (χ1v) is 8.02. The molecule has 7 heteroatoms. The van der Waals surface area contributed by atoms with E-state index in [2.05, 4.69) is 0 Å². The van der Waals surface area contributed by atoms with Crippen molar-refractivity contribution >= 4 is 22.6 Å². The molecule has 1 unspecified atom stereocenters. The fraction of sp³-hybridized carbons (Fsp3) is 0.412. The van der Waals surface area contributed by atoms with Crippen LogP contribution in [0.3, 0.4) is 0 Å². The summed E-state index contributed by atoms with van der Waals surface area (Å²) in [5, 5.41) is 13.3. The quantitative estimate of drug-likeness (QED) is 0.912. The molecule has 1 saturated heterocycles. The summed E-state index contributed by atoms with van der Waals surface area (Å²) in [5.41, 5.74) is 1.04. The lowest BCUT2D eigenvalue weighted by Crippen LogP contribution is -2.34. The SMILES string of the molecule is CC1Cc2c(N3CCCN3C)c(F)cc3c(=O)c(C(=O)O)cn1c23. The van der Waals surface area contributed by atoms with Crippen LogP contribution in [-0.4, -0.2) is 40.8 Å². The first-order chi connectivity index (χ1) is 11.4. The van der Waals surface area contributed by atoms with Crippen molar-refractivity contribution in [1.82, 2.24) is 9.58 Å². The number of hydrazine groups is 1. The van der Waals surface area contributed by atoms with E-state index in [9.17, 15) is 19.1 Å². The van der Waals surface area contributed by atoms with E-state index in [1.165, 1.54) is 12.3 Å². The van der Waals surface area contributed by atoms with Crippen LogP contribution in [0.5, 0.6) is 0 Å². The van der Waals surface area contributed by atoms with Gasteiger partial charge in [-0.05, 0) is 25.8 Å². The zero-order valence-corrected chi connectivity index (χ0v) is 13.5. The third-order valence-corrected chi connectivity index (χ3v) is 5.07. The molecule has 3 heterocycles. The minimum absolute atomic E-state index is 0.0188. The number of halogens is 1. The third-order valence-electron chi connectivity index (χ3n) is 5.07. The molecular formula is C17H18FN3O3. The van der Waals surface area contributed by atoms with E-state index in [0.717, 1.165) is 25.1 Å². The first-order valence-electron chi connectivity index (χ1n) is 8.02. The molecule has 2 aliphatic heterocycles. The molecular weight excluding hydrogens is 313 g/mol. The lowest BCUT2D eigenvalue weighted by molar-refractivity contribution is 0.0694. The van der Waals surface area contributed by atoms with E-state index in [1.54, 1.807) is 4.57 Å². The van der Waals surface area contributed by atoms with Gasteiger partial charge in [0.25, 0.3) is 0 Å². The van der Waals surface area contributed by atoms with Crippen LogP contribution in [0.4, 0.5) is 10.1 Å². The topological polar surface area (TPSA) is 65.8 Å². The van der Waals surface area contributed by atoms with Gasteiger partial charge >= 0.3 is 5.97 Å². The van der Waals surface area contributed by atoms with Gasteiger partial charge < -0.3 is 14.7 Å². The summed E-state index contributed by atoms with van der Waals surface area (Å²) in [4.78, 5) is 23.8. The summed E-state index contributed by atoms with van der Waals surface area (Å²) < 4.78 is 16.7. The van der Waals surface area contributed by atoms with Crippen LogP contribution in [0, 0.1) is 5.82 Å². The average molecular weight is 331 g/mol. The Balaban J connectivity index is 2.08. The Labute approximate surface area is 137 Å². The van der Waals surface area contributed by atoms with Gasteiger partial charge in [-0.15, -0.1) is 0 Å². The minimum Gasteiger partial charge on any atom is -0.477 e. The standard InChI is InChI=1S/C17H18FN3O3/c1-9-6-10-14-11(16(22)12(17(23)24)8-20(9)14)7-13(18)15(10)21-5-3-4-19(21)2/h7-9H,3-6H2,1-2H3,(H,23,24). The van der Waals surface area contributed by atoms with Crippen molar-refractivity contribution in [3.63, 3.8) is 0 Å². The molecule has 0 radical (unpaired) electrons. The second-order valence-corrected chi connectivity index (χ2v) is 6.58. The molecule has 1 aromatic carbocycles. The van der Waals surface area contributed by atoms with Crippen molar-refractivity contribution < 1.29 is 14.3 Å². The second-order valence-electron chi connectivity index (χ2n) is 6.58. The van der Waals surface area contributed by atoms with Gasteiger partial charge in [0.15, 0.2) is 0 Å². The molecule has 1 fully saturated rings. The van der Waals surface area contributed by atoms with E-state index in [-0.39, 0.29) is 17.0 Å². The Morgan fingerprint density at radius 2 is 2.12 bits per heavy atom. The van der Waals surface area contributed by atoms with Crippen molar-refractivity contribution in [2.45, 2.75) is 25.8 Å². The number of aromatic nitrogens is 1. The summed E-state index contributed by atoms with van der Waals surface area (Å²) in [6.07, 6.45) is 2.92. The maximum absolute atomic E-state index is 14.9. The highest BCUT2D eigenvalue weighted by Gasteiger charge is 2.32. The number of nitrogens with zero attached hydrogens (tertiary/aromatic N) is 3. The first kappa shape index (κ1) is 15.1. The Morgan fingerprint density at radius 3 is 2.75 bits per heavy atom. The molecule has 0 amide bonds. The van der Waals surface area contributed by atoms with Crippen LogP contribution < -0.4 is 10.4 Å². The molecule has 6 nitrogen and oxygen atoms in total. The van der Waals surface area contributed by atoms with E-state index in [4.69, 9.17) is 0 Å². The Kier molecular flexibility index (Phi) is 3.18. The van der Waals surface area contributed by atoms with Crippen LogP contribution in [0.15, 0.2) is 17.1 Å². The van der Waals surface area contributed by atoms with Gasteiger partial charge in [-0.3, -0.25) is 4.79 Å². The molecule has 1 aromatic heterocycles. The number of pyridine rings is 1. The monoisotopic (exact) mass is 331 g/mol. The molecule has 24 heavy (non-hydrogen) atoms. The fourth-order valence-corrected chi connectivity index (χ4v) is 3.95. The number of carboxylic acid groups (broad SMARTS) is 1. The summed E-state index contributed by atoms with van der Waals surface area (Å²) in [6.45, 7) is 3.54. The van der Waals surface area contributed by atoms with Crippen LogP contribution >= 0.6 is 0 Å². The predicted octanol–water partition coefficient (Wildman–Crippen LogP) is 2.01. The van der Waals surface area contributed by atoms with E-state index >= 15 is 0 Å². The van der Waals surface area contributed by atoms with Crippen LogP contribution in [0.2, 0.25) is 0 Å². The summed E-state index contributed by atoms with van der Waals surface area (Å²) in [7, 11) is 1.92. The smallest absolute Gasteiger partial charge is 0.341 e. The average Bonchev–Trinajstić information content (AvgIpc) is 3.07. The fourth-order valence-electron chi connectivity index (χ4n) is 3.95. The van der Waals surface area contributed by atoms with Crippen LogP contribution in [0.1, 0.15) is 35.3 Å². The van der Waals surface area contributed by atoms with Crippen molar-refractivity contribution in [3.05, 3.63) is 39.4 Å². The Hall–Kier alpha value is -2.41. The van der Waals surface area contributed by atoms with Gasteiger partial charge in [0, 0.05) is 43.3 Å². The molecule has 1 N–H and O–H groups in total. The number of carboxylic acids is 1. The zero-order valence-electron chi connectivity index (χ0n) is 13.5. The van der Waals surface area contributed by atoms with Crippen LogP contribution in [0.25, 0.3) is 10.9 Å². The molecule has 0 aliphatic carbocycles. The summed E-state index contributed by atoms with van der Waals surface area (Å²) in [5.74, 6) is -1.75. The number of anilines is 1. The molecule has 0 saturated carbocycles. The number of carbonyl (C=O) groups is 1. The van der Waals surface area contributed by atoms with Gasteiger partial charge in [0.1, 0.15) is 11.4 Å². The lowest BCUT2D eigenvalue weighted by atomic mass is 10.0. The maximum Gasteiger partial charge on any atom is 0.341 e. The Bertz CT molecular complexity index is 937. The van der Waals surface area contributed by atoms with Crippen molar-refractivity contribution in [3.8, 4) is 0 Å². The Morgan fingerprint density at radius 1 is 1.38 bits per heavy atom. The highest BCUT2D eigenvalue weighted by molar-refractivity contribution is 5.96.